The molecule has 2 atom stereocenters. The molecule has 0 radical (unpaired) electrons. The van der Waals surface area contributed by atoms with Crippen LogP contribution < -0.4 is 5.73 Å². The van der Waals surface area contributed by atoms with Crippen LogP contribution in [-0.4, -0.2) is 37.7 Å². The highest BCUT2D eigenvalue weighted by atomic mass is 19.1. The summed E-state index contributed by atoms with van der Waals surface area (Å²) in [6, 6.07) is 6.73. The lowest BCUT2D eigenvalue weighted by Crippen LogP contribution is -2.44. The van der Waals surface area contributed by atoms with Crippen LogP contribution in [0.5, 0.6) is 0 Å². The zero-order chi connectivity index (χ0) is 15.8. The van der Waals surface area contributed by atoms with E-state index in [4.69, 9.17) is 10.5 Å². The molecule has 120 valence electrons. The molecule has 0 aliphatic carbocycles. The van der Waals surface area contributed by atoms with Gasteiger partial charge in [0.05, 0.1) is 12.6 Å². The summed E-state index contributed by atoms with van der Waals surface area (Å²) < 4.78 is 19.5. The highest BCUT2D eigenvalue weighted by Gasteiger charge is 2.28. The SMILES string of the molecule is CCC(N)C(c1ccccc1F)N(CCOC)CC(C)C. The summed E-state index contributed by atoms with van der Waals surface area (Å²) in [5.74, 6) is 0.303. The normalized spacial score (nSPS) is 14.7. The van der Waals surface area contributed by atoms with Gasteiger partial charge in [0, 0.05) is 31.8 Å². The maximum absolute atomic E-state index is 14.2. The molecule has 21 heavy (non-hydrogen) atoms. The highest BCUT2D eigenvalue weighted by Crippen LogP contribution is 2.28. The largest absolute Gasteiger partial charge is 0.383 e. The van der Waals surface area contributed by atoms with Crippen molar-refractivity contribution in [1.82, 2.24) is 4.90 Å². The topological polar surface area (TPSA) is 38.5 Å². The first kappa shape index (κ1) is 18.1. The molecule has 1 aromatic carbocycles. The van der Waals surface area contributed by atoms with Crippen molar-refractivity contribution in [1.29, 1.82) is 0 Å². The van der Waals surface area contributed by atoms with Crippen LogP contribution in [0.15, 0.2) is 24.3 Å². The van der Waals surface area contributed by atoms with Crippen molar-refractivity contribution in [3.8, 4) is 0 Å². The maximum atomic E-state index is 14.2. The van der Waals surface area contributed by atoms with Crippen LogP contribution in [0.1, 0.15) is 38.8 Å². The molecule has 0 saturated carbocycles. The summed E-state index contributed by atoms with van der Waals surface area (Å²) in [5, 5.41) is 0. The number of nitrogens with zero attached hydrogens (tertiary/aromatic N) is 1. The van der Waals surface area contributed by atoms with Gasteiger partial charge >= 0.3 is 0 Å². The van der Waals surface area contributed by atoms with Gasteiger partial charge in [-0.3, -0.25) is 4.90 Å². The highest BCUT2D eigenvalue weighted by molar-refractivity contribution is 5.23. The second-order valence-electron chi connectivity index (χ2n) is 5.92. The number of rotatable bonds is 9. The lowest BCUT2D eigenvalue weighted by Gasteiger charge is -2.36. The molecular formula is C17H29FN2O. The molecule has 0 amide bonds. The van der Waals surface area contributed by atoms with Crippen molar-refractivity contribution in [2.75, 3.05) is 26.8 Å². The Morgan fingerprint density at radius 3 is 2.48 bits per heavy atom. The molecule has 0 saturated heterocycles. The fraction of sp³-hybridized carbons (Fsp3) is 0.647. The Balaban J connectivity index is 3.10. The first-order valence-electron chi connectivity index (χ1n) is 7.74. The van der Waals surface area contributed by atoms with Crippen molar-refractivity contribution in [2.45, 2.75) is 39.3 Å². The van der Waals surface area contributed by atoms with Gasteiger partial charge in [0.2, 0.25) is 0 Å². The van der Waals surface area contributed by atoms with E-state index in [1.165, 1.54) is 6.07 Å². The Morgan fingerprint density at radius 2 is 1.95 bits per heavy atom. The van der Waals surface area contributed by atoms with Crippen molar-refractivity contribution < 1.29 is 9.13 Å². The number of hydrogen-bond acceptors (Lipinski definition) is 3. The Morgan fingerprint density at radius 1 is 1.29 bits per heavy atom. The molecule has 0 heterocycles. The Hall–Kier alpha value is -0.970. The predicted molar refractivity (Wildman–Crippen MR) is 85.7 cm³/mol. The number of hydrogen-bond donors (Lipinski definition) is 1. The number of benzene rings is 1. The average molecular weight is 296 g/mol. The van der Waals surface area contributed by atoms with Gasteiger partial charge in [-0.15, -0.1) is 0 Å². The van der Waals surface area contributed by atoms with Gasteiger partial charge in [0.15, 0.2) is 0 Å². The minimum absolute atomic E-state index is 0.0995. The molecule has 2 N–H and O–H groups in total. The standard InChI is InChI=1S/C17H29FN2O/c1-5-16(19)17(14-8-6-7-9-15(14)18)20(10-11-21-4)12-13(2)3/h6-9,13,16-17H,5,10-12,19H2,1-4H3. The lowest BCUT2D eigenvalue weighted by atomic mass is 9.95. The first-order chi connectivity index (χ1) is 10.0. The molecule has 2 unspecified atom stereocenters. The van der Waals surface area contributed by atoms with E-state index in [0.717, 1.165) is 19.5 Å². The molecule has 1 aromatic rings. The van der Waals surface area contributed by atoms with E-state index in [1.54, 1.807) is 13.2 Å². The van der Waals surface area contributed by atoms with Gasteiger partial charge in [-0.25, -0.2) is 4.39 Å². The third kappa shape index (κ3) is 5.38. The van der Waals surface area contributed by atoms with E-state index in [1.807, 2.05) is 19.1 Å². The second-order valence-corrected chi connectivity index (χ2v) is 5.92. The smallest absolute Gasteiger partial charge is 0.128 e. The average Bonchev–Trinajstić information content (AvgIpc) is 2.45. The van der Waals surface area contributed by atoms with E-state index in [0.29, 0.717) is 18.1 Å². The monoisotopic (exact) mass is 296 g/mol. The van der Waals surface area contributed by atoms with Gasteiger partial charge in [0.25, 0.3) is 0 Å². The van der Waals surface area contributed by atoms with Crippen molar-refractivity contribution in [3.63, 3.8) is 0 Å². The number of nitrogens with two attached hydrogens (primary N) is 1. The van der Waals surface area contributed by atoms with Crippen molar-refractivity contribution >= 4 is 0 Å². The van der Waals surface area contributed by atoms with Crippen molar-refractivity contribution in [3.05, 3.63) is 35.6 Å². The molecule has 0 aromatic heterocycles. The molecule has 4 heteroatoms. The molecular weight excluding hydrogens is 267 g/mol. The van der Waals surface area contributed by atoms with Crippen LogP contribution in [-0.2, 0) is 4.74 Å². The zero-order valence-corrected chi connectivity index (χ0v) is 13.7. The van der Waals surface area contributed by atoms with Crippen molar-refractivity contribution in [2.24, 2.45) is 11.7 Å². The molecule has 3 nitrogen and oxygen atoms in total. The molecule has 1 rings (SSSR count). The van der Waals surface area contributed by atoms with Crippen LogP contribution in [0, 0.1) is 11.7 Å². The minimum atomic E-state index is -0.183. The summed E-state index contributed by atoms with van der Waals surface area (Å²) in [7, 11) is 1.69. The van der Waals surface area contributed by atoms with Gasteiger partial charge < -0.3 is 10.5 Å². The molecule has 0 aliphatic rings. The molecule has 0 bridgehead atoms. The second kappa shape index (κ2) is 9.13. The molecule has 0 fully saturated rings. The van der Waals surface area contributed by atoms with Gasteiger partial charge in [-0.1, -0.05) is 39.0 Å². The zero-order valence-electron chi connectivity index (χ0n) is 13.7. The fourth-order valence-electron chi connectivity index (χ4n) is 2.66. The number of methoxy groups -OCH3 is 1. The molecule has 0 spiro atoms. The fourth-order valence-corrected chi connectivity index (χ4v) is 2.66. The van der Waals surface area contributed by atoms with Crippen LogP contribution in [0.3, 0.4) is 0 Å². The third-order valence-corrected chi connectivity index (χ3v) is 3.68. The van der Waals surface area contributed by atoms with Crippen LogP contribution in [0.4, 0.5) is 4.39 Å². The summed E-state index contributed by atoms with van der Waals surface area (Å²) in [6.45, 7) is 8.61. The van der Waals surface area contributed by atoms with E-state index >= 15 is 0 Å². The van der Waals surface area contributed by atoms with E-state index in [9.17, 15) is 4.39 Å². The van der Waals surface area contributed by atoms with E-state index < -0.39 is 0 Å². The summed E-state index contributed by atoms with van der Waals surface area (Å²) in [5.41, 5.74) is 7.00. The van der Waals surface area contributed by atoms with Gasteiger partial charge in [-0.05, 0) is 18.4 Å². The number of halogens is 1. The van der Waals surface area contributed by atoms with Crippen LogP contribution in [0.25, 0.3) is 0 Å². The minimum Gasteiger partial charge on any atom is -0.383 e. The molecule has 0 aliphatic heterocycles. The van der Waals surface area contributed by atoms with E-state index in [-0.39, 0.29) is 17.9 Å². The third-order valence-electron chi connectivity index (χ3n) is 3.68. The summed E-state index contributed by atoms with van der Waals surface area (Å²) in [6.07, 6.45) is 0.806. The number of ether oxygens (including phenoxy) is 1. The van der Waals surface area contributed by atoms with Crippen LogP contribution in [0.2, 0.25) is 0 Å². The van der Waals surface area contributed by atoms with Crippen LogP contribution >= 0.6 is 0 Å². The predicted octanol–water partition coefficient (Wildman–Crippen LogP) is 3.21. The van der Waals surface area contributed by atoms with Gasteiger partial charge in [0.1, 0.15) is 5.82 Å². The Labute approximate surface area is 128 Å². The van der Waals surface area contributed by atoms with Gasteiger partial charge in [-0.2, -0.15) is 0 Å². The summed E-state index contributed by atoms with van der Waals surface area (Å²) >= 11 is 0. The summed E-state index contributed by atoms with van der Waals surface area (Å²) in [4.78, 5) is 2.25. The maximum Gasteiger partial charge on any atom is 0.128 e. The first-order valence-corrected chi connectivity index (χ1v) is 7.74. The Bertz CT molecular complexity index is 412. The Kier molecular flexibility index (Phi) is 7.86. The van der Waals surface area contributed by atoms with E-state index in [2.05, 4.69) is 18.7 Å². The quantitative estimate of drug-likeness (QED) is 0.760. The lowest BCUT2D eigenvalue weighted by molar-refractivity contribution is 0.0959.